The molecule has 0 saturated carbocycles. The SMILES string of the molecule is O=C(c1ccc2c(c1)OCCCO2)c1cccc(Cl)c1Cl. The molecule has 3 nitrogen and oxygen atoms in total. The van der Waals surface area contributed by atoms with Gasteiger partial charge < -0.3 is 9.47 Å². The summed E-state index contributed by atoms with van der Waals surface area (Å²) >= 11 is 12.1. The lowest BCUT2D eigenvalue weighted by molar-refractivity contribution is 0.103. The number of benzene rings is 2. The van der Waals surface area contributed by atoms with E-state index in [1.807, 2.05) is 0 Å². The highest BCUT2D eigenvalue weighted by Crippen LogP contribution is 2.33. The molecule has 1 heterocycles. The molecule has 2 aromatic rings. The molecule has 0 spiro atoms. The van der Waals surface area contributed by atoms with E-state index in [0.29, 0.717) is 40.9 Å². The summed E-state index contributed by atoms with van der Waals surface area (Å²) in [6.45, 7) is 1.18. The van der Waals surface area contributed by atoms with Gasteiger partial charge in [-0.1, -0.05) is 29.3 Å². The van der Waals surface area contributed by atoms with Crippen LogP contribution in [0.2, 0.25) is 10.0 Å². The van der Waals surface area contributed by atoms with Gasteiger partial charge in [0.1, 0.15) is 0 Å². The van der Waals surface area contributed by atoms with Gasteiger partial charge >= 0.3 is 0 Å². The highest BCUT2D eigenvalue weighted by molar-refractivity contribution is 6.44. The monoisotopic (exact) mass is 322 g/mol. The van der Waals surface area contributed by atoms with Crippen LogP contribution in [0.25, 0.3) is 0 Å². The largest absolute Gasteiger partial charge is 0.490 e. The Balaban J connectivity index is 1.98. The minimum atomic E-state index is -0.196. The maximum Gasteiger partial charge on any atom is 0.194 e. The van der Waals surface area contributed by atoms with Crippen LogP contribution < -0.4 is 9.47 Å². The van der Waals surface area contributed by atoms with Gasteiger partial charge in [-0.15, -0.1) is 0 Å². The summed E-state index contributed by atoms with van der Waals surface area (Å²) in [5.74, 6) is 1.04. The number of hydrogen-bond acceptors (Lipinski definition) is 3. The summed E-state index contributed by atoms with van der Waals surface area (Å²) in [5.41, 5.74) is 0.863. The minimum Gasteiger partial charge on any atom is -0.490 e. The second-order valence-electron chi connectivity index (χ2n) is 4.64. The molecular weight excluding hydrogens is 311 g/mol. The molecule has 5 heteroatoms. The molecule has 0 aromatic heterocycles. The van der Waals surface area contributed by atoms with Crippen LogP contribution in [-0.2, 0) is 0 Å². The van der Waals surface area contributed by atoms with Crippen LogP contribution >= 0.6 is 23.2 Å². The Bertz CT molecular complexity index is 698. The molecule has 0 bridgehead atoms. The normalized spacial score (nSPS) is 13.6. The van der Waals surface area contributed by atoms with Crippen molar-refractivity contribution in [2.24, 2.45) is 0 Å². The molecule has 3 rings (SSSR count). The van der Waals surface area contributed by atoms with E-state index < -0.39 is 0 Å². The van der Waals surface area contributed by atoms with Crippen LogP contribution in [0, 0.1) is 0 Å². The van der Waals surface area contributed by atoms with Crippen LogP contribution in [0.5, 0.6) is 11.5 Å². The number of halogens is 2. The average molecular weight is 323 g/mol. The Hall–Kier alpha value is -1.71. The highest BCUT2D eigenvalue weighted by atomic mass is 35.5. The van der Waals surface area contributed by atoms with Crippen LogP contribution in [0.1, 0.15) is 22.3 Å². The van der Waals surface area contributed by atoms with E-state index in [2.05, 4.69) is 0 Å². The second-order valence-corrected chi connectivity index (χ2v) is 5.43. The molecule has 0 fully saturated rings. The first-order valence-corrected chi connectivity index (χ1v) is 7.31. The fourth-order valence-electron chi connectivity index (χ4n) is 2.14. The number of ether oxygens (including phenoxy) is 2. The third-order valence-electron chi connectivity index (χ3n) is 3.21. The van der Waals surface area contributed by atoms with Crippen molar-refractivity contribution in [1.82, 2.24) is 0 Å². The van der Waals surface area contributed by atoms with Crippen molar-refractivity contribution in [3.8, 4) is 11.5 Å². The number of rotatable bonds is 2. The van der Waals surface area contributed by atoms with Crippen molar-refractivity contribution in [2.45, 2.75) is 6.42 Å². The van der Waals surface area contributed by atoms with Gasteiger partial charge in [-0.25, -0.2) is 0 Å². The van der Waals surface area contributed by atoms with Crippen molar-refractivity contribution < 1.29 is 14.3 Å². The summed E-state index contributed by atoms with van der Waals surface area (Å²) < 4.78 is 11.1. The zero-order valence-electron chi connectivity index (χ0n) is 11.1. The smallest absolute Gasteiger partial charge is 0.194 e. The van der Waals surface area contributed by atoms with Gasteiger partial charge in [0.25, 0.3) is 0 Å². The van der Waals surface area contributed by atoms with Gasteiger partial charge in [-0.2, -0.15) is 0 Å². The molecular formula is C16H12Cl2O3. The first kappa shape index (κ1) is 14.2. The van der Waals surface area contributed by atoms with E-state index in [9.17, 15) is 4.79 Å². The summed E-state index contributed by atoms with van der Waals surface area (Å²) in [7, 11) is 0. The van der Waals surface area contributed by atoms with Crippen molar-refractivity contribution in [3.63, 3.8) is 0 Å². The summed E-state index contributed by atoms with van der Waals surface area (Å²) in [6, 6.07) is 10.1. The molecule has 2 aromatic carbocycles. The van der Waals surface area contributed by atoms with E-state index >= 15 is 0 Å². The first-order chi connectivity index (χ1) is 10.2. The van der Waals surface area contributed by atoms with Crippen molar-refractivity contribution in [3.05, 3.63) is 57.6 Å². The van der Waals surface area contributed by atoms with Crippen LogP contribution in [0.15, 0.2) is 36.4 Å². The van der Waals surface area contributed by atoms with E-state index in [0.717, 1.165) is 6.42 Å². The van der Waals surface area contributed by atoms with E-state index in [-0.39, 0.29) is 10.8 Å². The predicted octanol–water partition coefficient (Wildman–Crippen LogP) is 4.39. The Morgan fingerprint density at radius 2 is 1.76 bits per heavy atom. The number of hydrogen-bond donors (Lipinski definition) is 0. The Labute approximate surface area is 132 Å². The van der Waals surface area contributed by atoms with Crippen molar-refractivity contribution >= 4 is 29.0 Å². The molecule has 0 atom stereocenters. The average Bonchev–Trinajstić information content (AvgIpc) is 2.74. The Kier molecular flexibility index (Phi) is 4.04. The highest BCUT2D eigenvalue weighted by Gasteiger charge is 2.18. The molecule has 1 aliphatic heterocycles. The van der Waals surface area contributed by atoms with Crippen LogP contribution in [-0.4, -0.2) is 19.0 Å². The van der Waals surface area contributed by atoms with Gasteiger partial charge in [-0.05, 0) is 30.3 Å². The Morgan fingerprint density at radius 3 is 2.57 bits per heavy atom. The third kappa shape index (κ3) is 2.85. The van der Waals surface area contributed by atoms with E-state index in [1.54, 1.807) is 36.4 Å². The quantitative estimate of drug-likeness (QED) is 0.769. The van der Waals surface area contributed by atoms with Gasteiger partial charge in [0.2, 0.25) is 0 Å². The predicted molar refractivity (Wildman–Crippen MR) is 81.9 cm³/mol. The number of carbonyl (C=O) groups excluding carboxylic acids is 1. The van der Waals surface area contributed by atoms with Gasteiger partial charge in [0.05, 0.1) is 23.3 Å². The van der Waals surface area contributed by atoms with E-state index in [1.165, 1.54) is 0 Å². The minimum absolute atomic E-state index is 0.196. The molecule has 21 heavy (non-hydrogen) atoms. The summed E-state index contributed by atoms with van der Waals surface area (Å²) in [4.78, 5) is 12.6. The first-order valence-electron chi connectivity index (χ1n) is 6.55. The molecule has 0 amide bonds. The van der Waals surface area contributed by atoms with Crippen molar-refractivity contribution in [2.75, 3.05) is 13.2 Å². The molecule has 0 unspecified atom stereocenters. The van der Waals surface area contributed by atoms with Gasteiger partial charge in [0.15, 0.2) is 17.3 Å². The molecule has 0 N–H and O–H groups in total. The zero-order chi connectivity index (χ0) is 14.8. The van der Waals surface area contributed by atoms with Gasteiger partial charge in [-0.3, -0.25) is 4.79 Å². The fraction of sp³-hybridized carbons (Fsp3) is 0.188. The maximum atomic E-state index is 12.6. The summed E-state index contributed by atoms with van der Waals surface area (Å²) in [6.07, 6.45) is 0.818. The fourth-order valence-corrected chi connectivity index (χ4v) is 2.53. The molecule has 0 saturated heterocycles. The summed E-state index contributed by atoms with van der Waals surface area (Å²) in [5, 5.41) is 0.619. The lowest BCUT2D eigenvalue weighted by atomic mass is 10.0. The lowest BCUT2D eigenvalue weighted by Gasteiger charge is -2.10. The van der Waals surface area contributed by atoms with Gasteiger partial charge in [0, 0.05) is 17.5 Å². The third-order valence-corrected chi connectivity index (χ3v) is 4.02. The molecule has 108 valence electrons. The van der Waals surface area contributed by atoms with Crippen molar-refractivity contribution in [1.29, 1.82) is 0 Å². The van der Waals surface area contributed by atoms with Crippen LogP contribution in [0.3, 0.4) is 0 Å². The van der Waals surface area contributed by atoms with E-state index in [4.69, 9.17) is 32.7 Å². The number of carbonyl (C=O) groups is 1. The number of fused-ring (bicyclic) bond motifs is 1. The second kappa shape index (κ2) is 5.96. The Morgan fingerprint density at radius 1 is 1.00 bits per heavy atom. The molecule has 0 aliphatic carbocycles. The standard InChI is InChI=1S/C16H12Cl2O3/c17-12-4-1-3-11(15(12)18)16(19)10-5-6-13-14(9-10)21-8-2-7-20-13/h1,3-6,9H,2,7-8H2. The topological polar surface area (TPSA) is 35.5 Å². The lowest BCUT2D eigenvalue weighted by Crippen LogP contribution is -2.03. The maximum absolute atomic E-state index is 12.6. The van der Waals surface area contributed by atoms with Crippen LogP contribution in [0.4, 0.5) is 0 Å². The zero-order valence-corrected chi connectivity index (χ0v) is 12.6. The molecule has 0 radical (unpaired) electrons. The number of ketones is 1. The molecule has 1 aliphatic rings.